The Bertz CT molecular complexity index is 323. The summed E-state index contributed by atoms with van der Waals surface area (Å²) >= 11 is 0. The van der Waals surface area contributed by atoms with Crippen LogP contribution in [0.3, 0.4) is 0 Å². The number of benzene rings is 1. The molecule has 0 bridgehead atoms. The molecule has 1 aromatic carbocycles. The van der Waals surface area contributed by atoms with E-state index in [1.54, 1.807) is 18.2 Å². The van der Waals surface area contributed by atoms with Crippen LogP contribution in [0, 0.1) is 5.92 Å². The van der Waals surface area contributed by atoms with E-state index in [1.165, 1.54) is 0 Å². The third-order valence-corrected chi connectivity index (χ3v) is 2.19. The Morgan fingerprint density at radius 2 is 2.29 bits per heavy atom. The van der Waals surface area contributed by atoms with E-state index in [0.717, 1.165) is 18.3 Å². The summed E-state index contributed by atoms with van der Waals surface area (Å²) in [6, 6.07) is 4.89. The monoisotopic (exact) mass is 193 g/mol. The predicted octanol–water partition coefficient (Wildman–Crippen LogP) is 1.74. The Labute approximate surface area is 83.6 Å². The fourth-order valence-electron chi connectivity index (χ4n) is 1.39. The second-order valence-corrected chi connectivity index (χ2v) is 3.59. The lowest BCUT2D eigenvalue weighted by atomic mass is 9.97. The molecule has 0 heterocycles. The Kier molecular flexibility index (Phi) is 3.51. The molecular weight excluding hydrogens is 178 g/mol. The van der Waals surface area contributed by atoms with E-state index >= 15 is 0 Å². The van der Waals surface area contributed by atoms with E-state index in [2.05, 4.69) is 0 Å². The first kappa shape index (κ1) is 10.6. The van der Waals surface area contributed by atoms with Crippen LogP contribution in [0.1, 0.15) is 18.9 Å². The summed E-state index contributed by atoms with van der Waals surface area (Å²) in [5.74, 6) is 0.476. The first-order valence-corrected chi connectivity index (χ1v) is 4.64. The Hall–Kier alpha value is -1.51. The second-order valence-electron chi connectivity index (χ2n) is 3.59. The van der Waals surface area contributed by atoms with E-state index in [0.29, 0.717) is 12.1 Å². The van der Waals surface area contributed by atoms with Crippen molar-refractivity contribution in [3.05, 3.63) is 23.8 Å². The molecule has 14 heavy (non-hydrogen) atoms. The predicted molar refractivity (Wildman–Crippen MR) is 56.1 cm³/mol. The third kappa shape index (κ3) is 2.76. The second kappa shape index (κ2) is 4.65. The molecule has 76 valence electrons. The molecule has 1 aromatic rings. The molecule has 0 aliphatic heterocycles. The summed E-state index contributed by atoms with van der Waals surface area (Å²) in [5, 5.41) is 9.26. The normalized spacial score (nSPS) is 12.4. The van der Waals surface area contributed by atoms with Gasteiger partial charge in [-0.2, -0.15) is 0 Å². The van der Waals surface area contributed by atoms with Crippen LogP contribution >= 0.6 is 0 Å². The highest BCUT2D eigenvalue weighted by Crippen LogP contribution is 2.22. The standard InChI is InChI=1S/C11H15NO2/c1-8(4-5-13)6-9-7-10(14)2-3-11(9)12/h2-3,5,7-8,14H,4,6,12H2,1H3. The Morgan fingerprint density at radius 1 is 1.57 bits per heavy atom. The zero-order valence-corrected chi connectivity index (χ0v) is 8.23. The molecule has 3 N–H and O–H groups in total. The van der Waals surface area contributed by atoms with E-state index in [-0.39, 0.29) is 11.7 Å². The SMILES string of the molecule is CC(CC=O)Cc1cc(O)ccc1N. The molecule has 0 aliphatic rings. The average Bonchev–Trinajstić information content (AvgIpc) is 2.12. The Morgan fingerprint density at radius 3 is 2.93 bits per heavy atom. The smallest absolute Gasteiger partial charge is 0.120 e. The molecule has 0 saturated carbocycles. The third-order valence-electron chi connectivity index (χ3n) is 2.19. The van der Waals surface area contributed by atoms with Gasteiger partial charge in [0.2, 0.25) is 0 Å². The maximum absolute atomic E-state index is 10.3. The number of carbonyl (C=O) groups is 1. The van der Waals surface area contributed by atoms with Crippen LogP contribution < -0.4 is 5.73 Å². The van der Waals surface area contributed by atoms with Gasteiger partial charge in [0.1, 0.15) is 12.0 Å². The lowest BCUT2D eigenvalue weighted by Gasteiger charge is -2.10. The van der Waals surface area contributed by atoms with Crippen molar-refractivity contribution >= 4 is 12.0 Å². The number of hydrogen-bond donors (Lipinski definition) is 2. The van der Waals surface area contributed by atoms with Gasteiger partial charge >= 0.3 is 0 Å². The van der Waals surface area contributed by atoms with Crippen molar-refractivity contribution in [2.45, 2.75) is 19.8 Å². The first-order chi connectivity index (χ1) is 6.63. The van der Waals surface area contributed by atoms with Crippen LogP contribution in [0.4, 0.5) is 5.69 Å². The number of nitrogen functional groups attached to an aromatic ring is 1. The van der Waals surface area contributed by atoms with E-state index in [4.69, 9.17) is 5.73 Å². The lowest BCUT2D eigenvalue weighted by Crippen LogP contribution is -2.03. The van der Waals surface area contributed by atoms with Gasteiger partial charge in [-0.1, -0.05) is 6.92 Å². The van der Waals surface area contributed by atoms with E-state index in [9.17, 15) is 9.90 Å². The van der Waals surface area contributed by atoms with Crippen molar-refractivity contribution in [3.63, 3.8) is 0 Å². The molecule has 0 aliphatic carbocycles. The van der Waals surface area contributed by atoms with Crippen LogP contribution in [0.2, 0.25) is 0 Å². The van der Waals surface area contributed by atoms with Crippen molar-refractivity contribution in [1.29, 1.82) is 0 Å². The first-order valence-electron chi connectivity index (χ1n) is 4.64. The number of carbonyl (C=O) groups excluding carboxylic acids is 1. The molecule has 0 amide bonds. The molecule has 3 nitrogen and oxygen atoms in total. The summed E-state index contributed by atoms with van der Waals surface area (Å²) < 4.78 is 0. The highest BCUT2D eigenvalue weighted by Gasteiger charge is 2.06. The van der Waals surface area contributed by atoms with Gasteiger partial charge in [-0.15, -0.1) is 0 Å². The van der Waals surface area contributed by atoms with Crippen molar-refractivity contribution in [1.82, 2.24) is 0 Å². The Balaban J connectivity index is 2.74. The van der Waals surface area contributed by atoms with Crippen molar-refractivity contribution < 1.29 is 9.90 Å². The quantitative estimate of drug-likeness (QED) is 0.435. The largest absolute Gasteiger partial charge is 0.508 e. The zero-order chi connectivity index (χ0) is 10.6. The molecule has 1 unspecified atom stereocenters. The van der Waals surface area contributed by atoms with Crippen molar-refractivity contribution in [2.24, 2.45) is 5.92 Å². The molecule has 0 saturated heterocycles. The average molecular weight is 193 g/mol. The van der Waals surface area contributed by atoms with Gasteiger partial charge < -0.3 is 15.6 Å². The summed E-state index contributed by atoms with van der Waals surface area (Å²) in [5.41, 5.74) is 7.30. The highest BCUT2D eigenvalue weighted by atomic mass is 16.3. The highest BCUT2D eigenvalue weighted by molar-refractivity contribution is 5.52. The number of aldehydes is 1. The number of nitrogens with two attached hydrogens (primary N) is 1. The van der Waals surface area contributed by atoms with Gasteiger partial charge in [0.25, 0.3) is 0 Å². The fourth-order valence-corrected chi connectivity index (χ4v) is 1.39. The van der Waals surface area contributed by atoms with Crippen LogP contribution in [0.15, 0.2) is 18.2 Å². The number of hydrogen-bond acceptors (Lipinski definition) is 3. The van der Waals surface area contributed by atoms with Gasteiger partial charge in [-0.3, -0.25) is 0 Å². The fraction of sp³-hybridized carbons (Fsp3) is 0.364. The van der Waals surface area contributed by atoms with E-state index in [1.807, 2.05) is 6.92 Å². The van der Waals surface area contributed by atoms with Gasteiger partial charge in [-0.25, -0.2) is 0 Å². The summed E-state index contributed by atoms with van der Waals surface area (Å²) in [7, 11) is 0. The van der Waals surface area contributed by atoms with Crippen LogP contribution in [0.5, 0.6) is 5.75 Å². The minimum Gasteiger partial charge on any atom is -0.508 e. The minimum absolute atomic E-state index is 0.215. The maximum atomic E-state index is 10.3. The maximum Gasteiger partial charge on any atom is 0.120 e. The van der Waals surface area contributed by atoms with Gasteiger partial charge in [0.05, 0.1) is 0 Å². The van der Waals surface area contributed by atoms with Gasteiger partial charge in [0.15, 0.2) is 0 Å². The number of phenolic OH excluding ortho intramolecular Hbond substituents is 1. The van der Waals surface area contributed by atoms with Crippen molar-refractivity contribution in [2.75, 3.05) is 5.73 Å². The minimum atomic E-state index is 0.215. The molecule has 0 spiro atoms. The van der Waals surface area contributed by atoms with E-state index < -0.39 is 0 Å². The molecule has 1 rings (SSSR count). The van der Waals surface area contributed by atoms with Crippen LogP contribution in [-0.2, 0) is 11.2 Å². The molecule has 0 radical (unpaired) electrons. The zero-order valence-electron chi connectivity index (χ0n) is 8.23. The molecule has 0 aromatic heterocycles. The number of phenols is 1. The van der Waals surface area contributed by atoms with Crippen molar-refractivity contribution in [3.8, 4) is 5.75 Å². The molecular formula is C11H15NO2. The number of anilines is 1. The van der Waals surface area contributed by atoms with Crippen LogP contribution in [0.25, 0.3) is 0 Å². The topological polar surface area (TPSA) is 63.3 Å². The van der Waals surface area contributed by atoms with Crippen LogP contribution in [-0.4, -0.2) is 11.4 Å². The van der Waals surface area contributed by atoms with Gasteiger partial charge in [0, 0.05) is 12.1 Å². The summed E-state index contributed by atoms with van der Waals surface area (Å²) in [6.45, 7) is 1.98. The number of aromatic hydroxyl groups is 1. The number of rotatable bonds is 4. The summed E-state index contributed by atoms with van der Waals surface area (Å²) in [4.78, 5) is 10.3. The summed E-state index contributed by atoms with van der Waals surface area (Å²) in [6.07, 6.45) is 2.15. The molecule has 1 atom stereocenters. The molecule has 3 heteroatoms. The van der Waals surface area contributed by atoms with Gasteiger partial charge in [-0.05, 0) is 36.1 Å². The molecule has 0 fully saturated rings. The lowest BCUT2D eigenvalue weighted by molar-refractivity contribution is -0.108.